The molecule has 2 heterocycles. The first kappa shape index (κ1) is 23.2. The molecule has 0 spiro atoms. The minimum absolute atomic E-state index is 0.121. The lowest BCUT2D eigenvalue weighted by Gasteiger charge is -2.15. The van der Waals surface area contributed by atoms with Crippen molar-refractivity contribution in [1.82, 2.24) is 16.0 Å². The van der Waals surface area contributed by atoms with E-state index in [0.29, 0.717) is 36.2 Å². The fraction of sp³-hybridized carbons (Fsp3) is 0.333. The van der Waals surface area contributed by atoms with E-state index < -0.39 is 24.1 Å². The first-order valence-corrected chi connectivity index (χ1v) is 11.0. The van der Waals surface area contributed by atoms with Gasteiger partial charge in [-0.3, -0.25) is 19.3 Å². The van der Waals surface area contributed by atoms with Crippen molar-refractivity contribution in [2.75, 3.05) is 18.0 Å². The molecule has 9 nitrogen and oxygen atoms in total. The van der Waals surface area contributed by atoms with Gasteiger partial charge in [0.2, 0.25) is 17.7 Å². The molecule has 2 atom stereocenters. The van der Waals surface area contributed by atoms with Gasteiger partial charge in [-0.1, -0.05) is 24.3 Å². The predicted molar refractivity (Wildman–Crippen MR) is 121 cm³/mol. The van der Waals surface area contributed by atoms with E-state index in [1.807, 2.05) is 0 Å². The van der Waals surface area contributed by atoms with Crippen molar-refractivity contribution >= 4 is 29.5 Å². The van der Waals surface area contributed by atoms with Gasteiger partial charge < -0.3 is 20.7 Å². The summed E-state index contributed by atoms with van der Waals surface area (Å²) < 4.78 is 20.1. The summed E-state index contributed by atoms with van der Waals surface area (Å²) in [5, 5.41) is 8.02. The highest BCUT2D eigenvalue weighted by atomic mass is 19.1. The van der Waals surface area contributed by atoms with Gasteiger partial charge in [-0.05, 0) is 35.7 Å². The molecule has 4 rings (SSSR count). The minimum atomic E-state index is -0.592. The van der Waals surface area contributed by atoms with Crippen molar-refractivity contribution < 1.29 is 28.3 Å². The van der Waals surface area contributed by atoms with Gasteiger partial charge in [-0.2, -0.15) is 0 Å². The lowest BCUT2D eigenvalue weighted by molar-refractivity contribution is -0.125. The SMILES string of the molecule is CC(=O)NC[C@H]1CN(c2ccc(-c3ccc(CNC(=O)C4CCC(=O)N4)cc3)c(F)c2)C(=O)O1. The zero-order valence-corrected chi connectivity index (χ0v) is 18.6. The van der Waals surface area contributed by atoms with Crippen LogP contribution in [-0.4, -0.2) is 49.1 Å². The molecule has 2 saturated heterocycles. The third kappa shape index (κ3) is 5.33. The van der Waals surface area contributed by atoms with Crippen molar-refractivity contribution in [2.45, 2.75) is 38.5 Å². The fourth-order valence-corrected chi connectivity index (χ4v) is 3.93. The Hall–Kier alpha value is -3.95. The highest BCUT2D eigenvalue weighted by Crippen LogP contribution is 2.29. The van der Waals surface area contributed by atoms with Crippen LogP contribution in [0.2, 0.25) is 0 Å². The molecule has 3 N–H and O–H groups in total. The van der Waals surface area contributed by atoms with Crippen LogP contribution < -0.4 is 20.9 Å². The zero-order valence-electron chi connectivity index (χ0n) is 18.6. The van der Waals surface area contributed by atoms with Gasteiger partial charge >= 0.3 is 6.09 Å². The van der Waals surface area contributed by atoms with Gasteiger partial charge in [0, 0.05) is 25.5 Å². The molecule has 0 saturated carbocycles. The summed E-state index contributed by atoms with van der Waals surface area (Å²) in [7, 11) is 0. The smallest absolute Gasteiger partial charge is 0.414 e. The van der Waals surface area contributed by atoms with E-state index in [2.05, 4.69) is 16.0 Å². The molecule has 34 heavy (non-hydrogen) atoms. The molecule has 2 aromatic rings. The summed E-state index contributed by atoms with van der Waals surface area (Å²) in [6, 6.07) is 11.1. The Kier molecular flexibility index (Phi) is 6.76. The highest BCUT2D eigenvalue weighted by Gasteiger charge is 2.32. The number of hydrogen-bond acceptors (Lipinski definition) is 5. The summed E-state index contributed by atoms with van der Waals surface area (Å²) in [4.78, 5) is 47.9. The van der Waals surface area contributed by atoms with Crippen molar-refractivity contribution in [1.29, 1.82) is 0 Å². The number of rotatable bonds is 7. The van der Waals surface area contributed by atoms with E-state index in [1.54, 1.807) is 36.4 Å². The summed E-state index contributed by atoms with van der Waals surface area (Å²) in [5.74, 6) is -1.06. The summed E-state index contributed by atoms with van der Waals surface area (Å²) in [6.07, 6.45) is -0.249. The van der Waals surface area contributed by atoms with Crippen LogP contribution in [0, 0.1) is 5.82 Å². The molecule has 0 aliphatic carbocycles. The number of amides is 4. The normalized spacial score (nSPS) is 19.5. The summed E-state index contributed by atoms with van der Waals surface area (Å²) in [5.41, 5.74) is 2.23. The Morgan fingerprint density at radius 3 is 2.56 bits per heavy atom. The van der Waals surface area contributed by atoms with Gasteiger partial charge in [0.15, 0.2) is 0 Å². The molecule has 1 unspecified atom stereocenters. The van der Waals surface area contributed by atoms with Crippen molar-refractivity contribution in [3.63, 3.8) is 0 Å². The monoisotopic (exact) mass is 468 g/mol. The molecule has 10 heteroatoms. The molecule has 178 valence electrons. The van der Waals surface area contributed by atoms with E-state index in [4.69, 9.17) is 4.74 Å². The Labute approximate surface area is 195 Å². The molecule has 0 aromatic heterocycles. The van der Waals surface area contributed by atoms with Crippen molar-refractivity contribution in [3.8, 4) is 11.1 Å². The number of nitrogens with one attached hydrogen (secondary N) is 3. The molecular weight excluding hydrogens is 443 g/mol. The number of hydrogen-bond donors (Lipinski definition) is 3. The van der Waals surface area contributed by atoms with E-state index >= 15 is 0 Å². The zero-order chi connectivity index (χ0) is 24.2. The third-order valence-corrected chi connectivity index (χ3v) is 5.76. The maximum atomic E-state index is 14.9. The van der Waals surface area contributed by atoms with Gasteiger partial charge in [-0.15, -0.1) is 0 Å². The van der Waals surface area contributed by atoms with Crippen molar-refractivity contribution in [2.24, 2.45) is 0 Å². The maximum Gasteiger partial charge on any atom is 0.414 e. The van der Waals surface area contributed by atoms with Gasteiger partial charge in [0.1, 0.15) is 18.0 Å². The van der Waals surface area contributed by atoms with Gasteiger partial charge in [-0.25, -0.2) is 9.18 Å². The Morgan fingerprint density at radius 2 is 1.91 bits per heavy atom. The second-order valence-corrected chi connectivity index (χ2v) is 8.29. The van der Waals surface area contributed by atoms with Crippen LogP contribution in [0.15, 0.2) is 42.5 Å². The van der Waals surface area contributed by atoms with Crippen LogP contribution in [0.3, 0.4) is 0 Å². The largest absolute Gasteiger partial charge is 0.442 e. The Balaban J connectivity index is 1.37. The molecule has 2 aliphatic heterocycles. The van der Waals surface area contributed by atoms with Crippen LogP contribution in [0.1, 0.15) is 25.3 Å². The average Bonchev–Trinajstić information content (AvgIpc) is 3.42. The highest BCUT2D eigenvalue weighted by molar-refractivity contribution is 5.91. The Morgan fingerprint density at radius 1 is 1.15 bits per heavy atom. The minimum Gasteiger partial charge on any atom is -0.442 e. The van der Waals surface area contributed by atoms with Gasteiger partial charge in [0.25, 0.3) is 0 Å². The average molecular weight is 468 g/mol. The standard InChI is InChI=1S/C24H25FN4O5/c1-14(30)26-12-18-13-29(24(33)34-18)17-6-7-19(20(25)10-17)16-4-2-15(3-5-16)11-27-23(32)21-8-9-22(31)28-21/h2-7,10,18,21H,8-9,11-13H2,1H3,(H,26,30)(H,27,32)(H,28,31)/t18-,21?/m0/s1. The van der Waals surface area contributed by atoms with E-state index in [1.165, 1.54) is 17.9 Å². The molecule has 0 bridgehead atoms. The van der Waals surface area contributed by atoms with Crippen LogP contribution in [0.4, 0.5) is 14.9 Å². The fourth-order valence-electron chi connectivity index (χ4n) is 3.93. The number of nitrogens with zero attached hydrogens (tertiary/aromatic N) is 1. The Bertz CT molecular complexity index is 1120. The molecule has 0 radical (unpaired) electrons. The topological polar surface area (TPSA) is 117 Å². The van der Waals surface area contributed by atoms with E-state index in [9.17, 15) is 23.6 Å². The number of benzene rings is 2. The van der Waals surface area contributed by atoms with Gasteiger partial charge in [0.05, 0.1) is 18.8 Å². The molecule has 2 aliphatic rings. The first-order chi connectivity index (χ1) is 16.3. The summed E-state index contributed by atoms with van der Waals surface area (Å²) >= 11 is 0. The summed E-state index contributed by atoms with van der Waals surface area (Å²) in [6.45, 7) is 2.08. The predicted octanol–water partition coefficient (Wildman–Crippen LogP) is 1.85. The molecular formula is C24H25FN4O5. The second-order valence-electron chi connectivity index (χ2n) is 8.29. The van der Waals surface area contributed by atoms with E-state index in [-0.39, 0.29) is 30.8 Å². The maximum absolute atomic E-state index is 14.9. The quantitative estimate of drug-likeness (QED) is 0.574. The number of carbonyl (C=O) groups excluding carboxylic acids is 4. The van der Waals surface area contributed by atoms with Crippen LogP contribution in [0.5, 0.6) is 0 Å². The number of ether oxygens (including phenoxy) is 1. The lowest BCUT2D eigenvalue weighted by atomic mass is 10.0. The molecule has 2 fully saturated rings. The lowest BCUT2D eigenvalue weighted by Crippen LogP contribution is -2.41. The van der Waals surface area contributed by atoms with Crippen molar-refractivity contribution in [3.05, 3.63) is 53.8 Å². The van der Waals surface area contributed by atoms with Crippen LogP contribution >= 0.6 is 0 Å². The molecule has 2 aromatic carbocycles. The molecule has 4 amide bonds. The third-order valence-electron chi connectivity index (χ3n) is 5.76. The number of cyclic esters (lactones) is 1. The number of halogens is 1. The number of carbonyl (C=O) groups is 4. The second kappa shape index (κ2) is 9.90. The van der Waals surface area contributed by atoms with Crippen LogP contribution in [-0.2, 0) is 25.7 Å². The first-order valence-electron chi connectivity index (χ1n) is 11.0. The number of anilines is 1. The van der Waals surface area contributed by atoms with E-state index in [0.717, 1.165) is 5.56 Å². The van der Waals surface area contributed by atoms with Crippen LogP contribution in [0.25, 0.3) is 11.1 Å².